The summed E-state index contributed by atoms with van der Waals surface area (Å²) in [5.41, 5.74) is 0. The van der Waals surface area contributed by atoms with E-state index in [1.807, 2.05) is 6.07 Å². The number of halogens is 2. The Morgan fingerprint density at radius 3 is 2.69 bits per heavy atom. The van der Waals surface area contributed by atoms with E-state index in [2.05, 4.69) is 34.1 Å². The molecule has 0 N–H and O–H groups in total. The summed E-state index contributed by atoms with van der Waals surface area (Å²) in [6, 6.07) is 10.5. The molecule has 0 bridgehead atoms. The molecule has 0 atom stereocenters. The second-order valence-corrected chi connectivity index (χ2v) is 5.16. The number of hydrogen-bond acceptors (Lipinski definition) is 0. The molecule has 2 heteroatoms. The van der Waals surface area contributed by atoms with Gasteiger partial charge in [-0.15, -0.1) is 11.6 Å². The Morgan fingerprint density at radius 2 is 2.00 bits per heavy atom. The predicted molar refractivity (Wildman–Crippen MR) is 52.9 cm³/mol. The lowest BCUT2D eigenvalue weighted by Gasteiger charge is -1.79. The van der Waals surface area contributed by atoms with Gasteiger partial charge in [-0.2, -0.15) is 0 Å². The van der Waals surface area contributed by atoms with Crippen LogP contribution >= 0.6 is 11.6 Å². The van der Waals surface area contributed by atoms with Gasteiger partial charge in [-0.25, -0.2) is 0 Å². The lowest BCUT2D eigenvalue weighted by Crippen LogP contribution is -3.59. The van der Waals surface area contributed by atoms with E-state index in [-0.39, 0.29) is 21.2 Å². The first-order valence-electron chi connectivity index (χ1n) is 4.16. The van der Waals surface area contributed by atoms with Crippen molar-refractivity contribution in [2.45, 2.75) is 12.8 Å². The van der Waals surface area contributed by atoms with Crippen molar-refractivity contribution in [2.24, 2.45) is 0 Å². The smallest absolute Gasteiger partial charge is 0.127 e. The van der Waals surface area contributed by atoms with Crippen molar-refractivity contribution in [1.82, 2.24) is 0 Å². The fraction of sp³-hybridized carbons (Fsp3) is 0.273. The molecule has 13 heavy (non-hydrogen) atoms. The minimum absolute atomic E-state index is 0.0952. The Hall–Kier alpha value is -0.200. The molecule has 0 aliphatic rings. The highest BCUT2D eigenvalue weighted by atomic mass is 127. The maximum Gasteiger partial charge on any atom is 0.419 e. The number of alkyl halides is 1. The molecule has 0 amide bonds. The second kappa shape index (κ2) is 7.23. The average Bonchev–Trinajstić information content (AvgIpc) is 2.19. The van der Waals surface area contributed by atoms with Gasteiger partial charge in [0.05, 0.1) is 0 Å². The van der Waals surface area contributed by atoms with Crippen LogP contribution in [0.25, 0.3) is 0 Å². The van der Waals surface area contributed by atoms with Gasteiger partial charge in [0.15, 0.2) is 3.93 Å². The summed E-state index contributed by atoms with van der Waals surface area (Å²) in [4.78, 5) is 0. The van der Waals surface area contributed by atoms with E-state index in [0.29, 0.717) is 0 Å². The SMILES string of the molecule is ClCCCC#C[I+]c1ccccc1. The van der Waals surface area contributed by atoms with Crippen LogP contribution in [0.3, 0.4) is 0 Å². The van der Waals surface area contributed by atoms with Gasteiger partial charge >= 0.3 is 21.2 Å². The van der Waals surface area contributed by atoms with Gasteiger partial charge in [0.2, 0.25) is 3.57 Å². The highest BCUT2D eigenvalue weighted by Crippen LogP contribution is 1.87. The number of benzene rings is 1. The summed E-state index contributed by atoms with van der Waals surface area (Å²) in [5.74, 6) is 3.87. The largest absolute Gasteiger partial charge is 0.419 e. The van der Waals surface area contributed by atoms with Crippen LogP contribution in [0.15, 0.2) is 30.3 Å². The molecule has 0 saturated carbocycles. The van der Waals surface area contributed by atoms with Gasteiger partial charge in [0.25, 0.3) is 0 Å². The van der Waals surface area contributed by atoms with Crippen LogP contribution in [0.5, 0.6) is 0 Å². The third kappa shape index (κ3) is 5.17. The topological polar surface area (TPSA) is 0 Å². The summed E-state index contributed by atoms with van der Waals surface area (Å²) in [5, 5.41) is 0. The fourth-order valence-corrected chi connectivity index (χ4v) is 2.45. The quantitative estimate of drug-likeness (QED) is 0.317. The van der Waals surface area contributed by atoms with Crippen molar-refractivity contribution >= 4 is 11.6 Å². The molecule has 1 aromatic carbocycles. The van der Waals surface area contributed by atoms with Gasteiger partial charge in [-0.3, -0.25) is 0 Å². The highest BCUT2D eigenvalue weighted by Gasteiger charge is 2.05. The lowest BCUT2D eigenvalue weighted by molar-refractivity contribution is -0.535. The van der Waals surface area contributed by atoms with Gasteiger partial charge in [-0.1, -0.05) is 18.2 Å². The summed E-state index contributed by atoms with van der Waals surface area (Å²) in [6.45, 7) is 0. The molecule has 68 valence electrons. The molecule has 0 heterocycles. The van der Waals surface area contributed by atoms with Crippen molar-refractivity contribution in [1.29, 1.82) is 0 Å². The molecule has 0 nitrogen and oxygen atoms in total. The normalized spacial score (nSPS) is 9.00. The fourth-order valence-electron chi connectivity index (χ4n) is 0.768. The van der Waals surface area contributed by atoms with Gasteiger partial charge in [-0.05, 0) is 24.5 Å². The zero-order valence-electron chi connectivity index (χ0n) is 7.26. The molecule has 0 radical (unpaired) electrons. The van der Waals surface area contributed by atoms with Crippen LogP contribution in [0, 0.1) is 13.4 Å². The maximum atomic E-state index is 5.54. The standard InChI is InChI=1S/C11H11ClI/c12-9-5-2-6-10-13-11-7-3-1-4-8-11/h1,3-4,7-8H,2,5,9H2/q+1. The molecule has 1 rings (SSSR count). The molecular formula is C11H11ClI+. The molecular weight excluding hydrogens is 294 g/mol. The van der Waals surface area contributed by atoms with Crippen LogP contribution in [0.4, 0.5) is 0 Å². The molecule has 0 aromatic heterocycles. The molecule has 1 aromatic rings. The Bertz CT molecular complexity index is 284. The van der Waals surface area contributed by atoms with Crippen molar-refractivity contribution in [3.05, 3.63) is 33.9 Å². The average molecular weight is 306 g/mol. The Labute approximate surface area is 94.9 Å². The highest BCUT2D eigenvalue weighted by molar-refractivity contribution is 6.17. The Balaban J connectivity index is 2.29. The number of unbranched alkanes of at least 4 members (excludes halogenated alkanes) is 1. The summed E-state index contributed by atoms with van der Waals surface area (Å²) in [7, 11) is 0. The molecule has 0 aliphatic heterocycles. The zero-order valence-corrected chi connectivity index (χ0v) is 10.2. The number of rotatable bonds is 3. The molecule has 0 unspecified atom stereocenters. The minimum Gasteiger partial charge on any atom is -0.127 e. The van der Waals surface area contributed by atoms with Gasteiger partial charge < -0.3 is 0 Å². The van der Waals surface area contributed by atoms with E-state index in [0.717, 1.165) is 18.7 Å². The zero-order chi connectivity index (χ0) is 9.36. The molecule has 0 spiro atoms. The predicted octanol–water partition coefficient (Wildman–Crippen LogP) is -0.0749. The van der Waals surface area contributed by atoms with Gasteiger partial charge in [0, 0.05) is 12.3 Å². The van der Waals surface area contributed by atoms with Gasteiger partial charge in [0.1, 0.15) is 0 Å². The van der Waals surface area contributed by atoms with Crippen LogP contribution < -0.4 is 21.2 Å². The third-order valence-corrected chi connectivity index (χ3v) is 3.65. The monoisotopic (exact) mass is 305 g/mol. The van der Waals surface area contributed by atoms with E-state index >= 15 is 0 Å². The molecule has 0 saturated heterocycles. The minimum atomic E-state index is -0.0952. The van der Waals surface area contributed by atoms with Crippen LogP contribution in [-0.4, -0.2) is 5.88 Å². The Morgan fingerprint density at radius 1 is 1.23 bits per heavy atom. The van der Waals surface area contributed by atoms with E-state index in [1.54, 1.807) is 0 Å². The van der Waals surface area contributed by atoms with Crippen LogP contribution in [0.2, 0.25) is 0 Å². The summed E-state index contributed by atoms with van der Waals surface area (Å²) in [6.07, 6.45) is 1.95. The Kier molecular flexibility index (Phi) is 6.05. The summed E-state index contributed by atoms with van der Waals surface area (Å²) >= 11 is 5.44. The first kappa shape index (κ1) is 10.9. The summed E-state index contributed by atoms with van der Waals surface area (Å²) < 4.78 is 4.63. The maximum absolute atomic E-state index is 5.54. The van der Waals surface area contributed by atoms with Crippen molar-refractivity contribution in [3.8, 4) is 9.85 Å². The van der Waals surface area contributed by atoms with E-state index in [9.17, 15) is 0 Å². The third-order valence-electron chi connectivity index (χ3n) is 1.39. The van der Waals surface area contributed by atoms with E-state index < -0.39 is 0 Å². The molecule has 0 aliphatic carbocycles. The van der Waals surface area contributed by atoms with Crippen molar-refractivity contribution in [2.75, 3.05) is 5.88 Å². The lowest BCUT2D eigenvalue weighted by atomic mass is 10.4. The van der Waals surface area contributed by atoms with Crippen molar-refractivity contribution < 1.29 is 21.2 Å². The van der Waals surface area contributed by atoms with Crippen LogP contribution in [0.1, 0.15) is 12.8 Å². The first-order chi connectivity index (χ1) is 6.43. The number of hydrogen-bond donors (Lipinski definition) is 0. The van der Waals surface area contributed by atoms with E-state index in [4.69, 9.17) is 11.6 Å². The van der Waals surface area contributed by atoms with Crippen molar-refractivity contribution in [3.63, 3.8) is 0 Å². The van der Waals surface area contributed by atoms with Crippen LogP contribution in [-0.2, 0) is 0 Å². The second-order valence-electron chi connectivity index (χ2n) is 2.45. The van der Waals surface area contributed by atoms with E-state index in [1.165, 1.54) is 3.57 Å². The molecule has 0 fully saturated rings. The first-order valence-corrected chi connectivity index (χ1v) is 6.85.